The molecule has 2 aromatic heterocycles. The van der Waals surface area contributed by atoms with E-state index >= 15 is 0 Å². The number of hydrogen-bond donors (Lipinski definition) is 5. The van der Waals surface area contributed by atoms with Gasteiger partial charge in [0.25, 0.3) is 0 Å². The molecule has 4 atom stereocenters. The quantitative estimate of drug-likeness (QED) is 0.347. The van der Waals surface area contributed by atoms with Crippen molar-refractivity contribution in [2.24, 2.45) is 0 Å². The number of ether oxygens (including phenoxy) is 1. The van der Waals surface area contributed by atoms with Crippen LogP contribution in [0.3, 0.4) is 0 Å². The lowest BCUT2D eigenvalue weighted by Gasteiger charge is -2.16. The predicted octanol–water partition coefficient (Wildman–Crippen LogP) is 0.0647. The highest BCUT2D eigenvalue weighted by Gasteiger charge is 2.44. The Bertz CT molecular complexity index is 966. The molecule has 1 saturated heterocycles. The van der Waals surface area contributed by atoms with Gasteiger partial charge in [-0.05, 0) is 18.4 Å². The van der Waals surface area contributed by atoms with Crippen LogP contribution in [0.5, 0.6) is 0 Å². The molecule has 1 aliphatic heterocycles. The highest BCUT2D eigenvalue weighted by molar-refractivity contribution is 5.83. The first-order valence-corrected chi connectivity index (χ1v) is 9.48. The SMILES string of the molecule is Nc1nc(NCCCc2ccccc2)nc2c1ncn2[C@@H]1O[C@H](CO)C(O)C1O. The van der Waals surface area contributed by atoms with Gasteiger partial charge < -0.3 is 31.1 Å². The van der Waals surface area contributed by atoms with Gasteiger partial charge in [-0.3, -0.25) is 4.57 Å². The Hall–Kier alpha value is -2.79. The van der Waals surface area contributed by atoms with Gasteiger partial charge in [-0.2, -0.15) is 9.97 Å². The number of aryl methyl sites for hydroxylation is 1. The highest BCUT2D eigenvalue weighted by atomic mass is 16.6. The van der Waals surface area contributed by atoms with Crippen LogP contribution in [0.15, 0.2) is 36.7 Å². The number of aliphatic hydroxyl groups is 3. The molecule has 0 spiro atoms. The number of nitrogen functional groups attached to an aromatic ring is 1. The van der Waals surface area contributed by atoms with Gasteiger partial charge >= 0.3 is 0 Å². The van der Waals surface area contributed by atoms with Crippen molar-refractivity contribution in [3.63, 3.8) is 0 Å². The Balaban J connectivity index is 1.49. The van der Waals surface area contributed by atoms with Crippen LogP contribution in [-0.2, 0) is 11.2 Å². The van der Waals surface area contributed by atoms with Crippen molar-refractivity contribution in [1.29, 1.82) is 0 Å². The molecule has 4 rings (SSSR count). The molecule has 0 radical (unpaired) electrons. The molecule has 154 valence electrons. The van der Waals surface area contributed by atoms with Crippen molar-refractivity contribution in [3.8, 4) is 0 Å². The number of anilines is 2. The molecule has 1 aromatic carbocycles. The largest absolute Gasteiger partial charge is 0.394 e. The Labute approximate surface area is 167 Å². The predicted molar refractivity (Wildman–Crippen MR) is 106 cm³/mol. The van der Waals surface area contributed by atoms with Gasteiger partial charge in [-0.1, -0.05) is 30.3 Å². The summed E-state index contributed by atoms with van der Waals surface area (Å²) < 4.78 is 7.06. The van der Waals surface area contributed by atoms with Crippen LogP contribution < -0.4 is 11.1 Å². The minimum absolute atomic E-state index is 0.200. The minimum atomic E-state index is -1.23. The zero-order valence-electron chi connectivity index (χ0n) is 15.7. The first-order valence-electron chi connectivity index (χ1n) is 9.48. The number of benzene rings is 1. The molecule has 1 fully saturated rings. The summed E-state index contributed by atoms with van der Waals surface area (Å²) >= 11 is 0. The average molecular weight is 400 g/mol. The Kier molecular flexibility index (Phi) is 5.58. The van der Waals surface area contributed by atoms with Crippen molar-refractivity contribution in [2.75, 3.05) is 24.2 Å². The maximum Gasteiger partial charge on any atom is 0.226 e. The number of hydrogen-bond acceptors (Lipinski definition) is 9. The van der Waals surface area contributed by atoms with Crippen LogP contribution in [0.2, 0.25) is 0 Å². The van der Waals surface area contributed by atoms with E-state index < -0.39 is 31.1 Å². The van der Waals surface area contributed by atoms with Gasteiger partial charge in [0.2, 0.25) is 5.95 Å². The van der Waals surface area contributed by atoms with E-state index in [-0.39, 0.29) is 5.82 Å². The van der Waals surface area contributed by atoms with Crippen LogP contribution in [0.4, 0.5) is 11.8 Å². The molecule has 2 unspecified atom stereocenters. The standard InChI is InChI=1S/C19H24N6O4/c20-16-13-17(25(10-22-13)18-15(28)14(27)12(9-26)29-18)24-19(23-16)21-8-4-7-11-5-2-1-3-6-11/h1-3,5-6,10,12,14-15,18,26-28H,4,7-9H2,(H3,20,21,23,24)/t12-,14?,15?,18-/m1/s1. The zero-order valence-corrected chi connectivity index (χ0v) is 15.7. The molecule has 1 aliphatic rings. The molecule has 29 heavy (non-hydrogen) atoms. The molecule has 3 aromatic rings. The summed E-state index contributed by atoms with van der Waals surface area (Å²) in [4.78, 5) is 12.9. The Morgan fingerprint density at radius 1 is 1.14 bits per heavy atom. The molecule has 10 nitrogen and oxygen atoms in total. The molecular weight excluding hydrogens is 376 g/mol. The van der Waals surface area contributed by atoms with Gasteiger partial charge in [0.1, 0.15) is 23.8 Å². The van der Waals surface area contributed by atoms with Crippen LogP contribution in [0.1, 0.15) is 18.2 Å². The molecule has 10 heteroatoms. The number of fused-ring (bicyclic) bond motifs is 1. The van der Waals surface area contributed by atoms with Crippen molar-refractivity contribution < 1.29 is 20.1 Å². The van der Waals surface area contributed by atoms with Crippen LogP contribution >= 0.6 is 0 Å². The van der Waals surface area contributed by atoms with Gasteiger partial charge in [0.15, 0.2) is 17.7 Å². The fraction of sp³-hybridized carbons (Fsp3) is 0.421. The summed E-state index contributed by atoms with van der Waals surface area (Å²) in [6, 6.07) is 10.2. The number of nitrogens with one attached hydrogen (secondary N) is 1. The normalized spacial score (nSPS) is 24.2. The number of aliphatic hydroxyl groups excluding tert-OH is 3. The number of aromatic nitrogens is 4. The van der Waals surface area contributed by atoms with Crippen molar-refractivity contribution >= 4 is 22.9 Å². The number of nitrogens with two attached hydrogens (primary N) is 1. The van der Waals surface area contributed by atoms with Crippen LogP contribution in [0, 0.1) is 0 Å². The van der Waals surface area contributed by atoms with Crippen LogP contribution in [0.25, 0.3) is 11.2 Å². The molecule has 6 N–H and O–H groups in total. The maximum atomic E-state index is 10.3. The van der Waals surface area contributed by atoms with E-state index in [4.69, 9.17) is 10.5 Å². The first-order chi connectivity index (χ1) is 14.1. The Morgan fingerprint density at radius 3 is 2.66 bits per heavy atom. The fourth-order valence-corrected chi connectivity index (χ4v) is 3.45. The third-order valence-corrected chi connectivity index (χ3v) is 5.01. The second kappa shape index (κ2) is 8.29. The lowest BCUT2D eigenvalue weighted by Crippen LogP contribution is -2.33. The molecule has 0 saturated carbocycles. The van der Waals surface area contributed by atoms with E-state index in [2.05, 4.69) is 32.4 Å². The summed E-state index contributed by atoms with van der Waals surface area (Å²) in [5.41, 5.74) is 8.02. The van der Waals surface area contributed by atoms with E-state index in [0.29, 0.717) is 23.7 Å². The van der Waals surface area contributed by atoms with Crippen molar-refractivity contribution in [1.82, 2.24) is 19.5 Å². The maximum absolute atomic E-state index is 10.3. The molecule has 0 bridgehead atoms. The first kappa shape index (κ1) is 19.5. The monoisotopic (exact) mass is 400 g/mol. The Morgan fingerprint density at radius 2 is 1.93 bits per heavy atom. The number of rotatable bonds is 7. The fourth-order valence-electron chi connectivity index (χ4n) is 3.45. The van der Waals surface area contributed by atoms with Crippen molar-refractivity contribution in [2.45, 2.75) is 37.4 Å². The van der Waals surface area contributed by atoms with Gasteiger partial charge in [-0.25, -0.2) is 4.98 Å². The summed E-state index contributed by atoms with van der Waals surface area (Å²) in [5.74, 6) is 0.544. The summed E-state index contributed by atoms with van der Waals surface area (Å²) in [6.45, 7) is 0.245. The summed E-state index contributed by atoms with van der Waals surface area (Å²) in [5, 5.41) is 32.7. The summed E-state index contributed by atoms with van der Waals surface area (Å²) in [6.07, 6.45) is -1.03. The zero-order chi connectivity index (χ0) is 20.4. The number of imidazole rings is 1. The second-order valence-electron chi connectivity index (χ2n) is 7.00. The lowest BCUT2D eigenvalue weighted by atomic mass is 10.1. The van der Waals surface area contributed by atoms with E-state index in [1.807, 2.05) is 18.2 Å². The van der Waals surface area contributed by atoms with E-state index in [1.165, 1.54) is 16.5 Å². The average Bonchev–Trinajstić information content (AvgIpc) is 3.28. The van der Waals surface area contributed by atoms with Gasteiger partial charge in [0.05, 0.1) is 12.9 Å². The number of nitrogens with zero attached hydrogens (tertiary/aromatic N) is 4. The van der Waals surface area contributed by atoms with E-state index in [1.54, 1.807) is 0 Å². The molecule has 0 aliphatic carbocycles. The minimum Gasteiger partial charge on any atom is -0.394 e. The molecular formula is C19H24N6O4. The van der Waals surface area contributed by atoms with Crippen LogP contribution in [-0.4, -0.2) is 66.3 Å². The van der Waals surface area contributed by atoms with Gasteiger partial charge in [-0.15, -0.1) is 0 Å². The lowest BCUT2D eigenvalue weighted by molar-refractivity contribution is -0.0511. The van der Waals surface area contributed by atoms with Crippen molar-refractivity contribution in [3.05, 3.63) is 42.2 Å². The molecule has 3 heterocycles. The summed E-state index contributed by atoms with van der Waals surface area (Å²) in [7, 11) is 0. The third-order valence-electron chi connectivity index (χ3n) is 5.01. The van der Waals surface area contributed by atoms with E-state index in [0.717, 1.165) is 12.8 Å². The van der Waals surface area contributed by atoms with Gasteiger partial charge in [0, 0.05) is 6.54 Å². The highest BCUT2D eigenvalue weighted by Crippen LogP contribution is 2.32. The topological polar surface area (TPSA) is 152 Å². The second-order valence-corrected chi connectivity index (χ2v) is 7.00. The molecule has 0 amide bonds. The smallest absolute Gasteiger partial charge is 0.226 e. The van der Waals surface area contributed by atoms with E-state index in [9.17, 15) is 15.3 Å². The third kappa shape index (κ3) is 3.87.